The van der Waals surface area contributed by atoms with Crippen LogP contribution >= 0.6 is 0 Å². The van der Waals surface area contributed by atoms with E-state index in [4.69, 9.17) is 4.74 Å². The minimum atomic E-state index is -0.290. The number of hydrogen-bond acceptors (Lipinski definition) is 3. The van der Waals surface area contributed by atoms with Crippen LogP contribution in [0.1, 0.15) is 27.2 Å². The lowest BCUT2D eigenvalue weighted by Gasteiger charge is -2.26. The van der Waals surface area contributed by atoms with Crippen LogP contribution in [0.15, 0.2) is 24.3 Å². The summed E-state index contributed by atoms with van der Waals surface area (Å²) < 4.78 is 5.69. The molecule has 0 radical (unpaired) electrons. The molecule has 1 aromatic rings. The number of benzene rings is 1. The molecule has 1 aliphatic heterocycles. The lowest BCUT2D eigenvalue weighted by Crippen LogP contribution is -2.36. The van der Waals surface area contributed by atoms with Gasteiger partial charge in [-0.25, -0.2) is 0 Å². The Kier molecular flexibility index (Phi) is 3.60. The summed E-state index contributed by atoms with van der Waals surface area (Å²) in [5, 5.41) is 0. The molecule has 18 heavy (non-hydrogen) atoms. The first-order valence-electron chi connectivity index (χ1n) is 6.48. The van der Waals surface area contributed by atoms with Gasteiger partial charge < -0.3 is 9.64 Å². The van der Waals surface area contributed by atoms with Crippen molar-refractivity contribution < 1.29 is 9.53 Å². The number of rotatable bonds is 2. The van der Waals surface area contributed by atoms with Crippen LogP contribution < -0.4 is 9.64 Å². The van der Waals surface area contributed by atoms with Gasteiger partial charge in [-0.1, -0.05) is 32.9 Å². The summed E-state index contributed by atoms with van der Waals surface area (Å²) >= 11 is 0. The second-order valence-corrected chi connectivity index (χ2v) is 5.76. The molecule has 1 aromatic carbocycles. The highest BCUT2D eigenvalue weighted by Crippen LogP contribution is 2.31. The van der Waals surface area contributed by atoms with Gasteiger partial charge in [0.2, 0.25) is 0 Å². The zero-order valence-electron chi connectivity index (χ0n) is 11.4. The zero-order chi connectivity index (χ0) is 13.2. The number of hydrogen-bond donors (Lipinski definition) is 0. The van der Waals surface area contributed by atoms with Crippen LogP contribution in [0.5, 0.6) is 5.75 Å². The van der Waals surface area contributed by atoms with Crippen LogP contribution in [0.4, 0.5) is 5.69 Å². The Balaban J connectivity index is 2.21. The fraction of sp³-hybridized carbons (Fsp3) is 0.533. The minimum absolute atomic E-state index is 0.263. The Morgan fingerprint density at radius 2 is 2.06 bits per heavy atom. The van der Waals surface area contributed by atoms with Gasteiger partial charge in [-0.15, -0.1) is 0 Å². The highest BCUT2D eigenvalue weighted by molar-refractivity contribution is 5.88. The quantitative estimate of drug-likeness (QED) is 0.804. The lowest BCUT2D eigenvalue weighted by atomic mass is 9.90. The number of carbonyl (C=O) groups is 1. The van der Waals surface area contributed by atoms with Crippen molar-refractivity contribution in [3.63, 3.8) is 0 Å². The van der Waals surface area contributed by atoms with Gasteiger partial charge in [0.25, 0.3) is 0 Å². The lowest BCUT2D eigenvalue weighted by molar-refractivity contribution is -0.124. The van der Waals surface area contributed by atoms with Crippen molar-refractivity contribution in [2.75, 3.05) is 24.6 Å². The number of ketones is 1. The maximum Gasteiger partial charge on any atom is 0.157 e. The molecule has 0 bridgehead atoms. The molecule has 3 heteroatoms. The summed E-state index contributed by atoms with van der Waals surface area (Å²) in [5.41, 5.74) is 0.745. The smallest absolute Gasteiger partial charge is 0.157 e. The van der Waals surface area contributed by atoms with E-state index in [9.17, 15) is 4.79 Å². The number of Topliss-reactive ketones (excluding diaryl/α,β-unsaturated/α-hetero) is 1. The van der Waals surface area contributed by atoms with Crippen LogP contribution in [-0.4, -0.2) is 25.5 Å². The minimum Gasteiger partial charge on any atom is -0.491 e. The van der Waals surface area contributed by atoms with E-state index in [1.54, 1.807) is 0 Å². The second-order valence-electron chi connectivity index (χ2n) is 5.76. The third-order valence-corrected chi connectivity index (χ3v) is 3.21. The topological polar surface area (TPSA) is 29.5 Å². The van der Waals surface area contributed by atoms with Crippen molar-refractivity contribution in [3.8, 4) is 5.75 Å². The maximum atomic E-state index is 12.2. The van der Waals surface area contributed by atoms with E-state index < -0.39 is 0 Å². The van der Waals surface area contributed by atoms with E-state index in [0.717, 1.165) is 31.0 Å². The number of para-hydroxylation sites is 2. The SMILES string of the molecule is CC(C)(C)C(=O)CN1CCCOc2ccccc21. The number of ether oxygens (including phenoxy) is 1. The summed E-state index contributed by atoms with van der Waals surface area (Å²) in [6.07, 6.45) is 0.950. The van der Waals surface area contributed by atoms with Crippen LogP contribution in [0.25, 0.3) is 0 Å². The summed E-state index contributed by atoms with van der Waals surface area (Å²) in [7, 11) is 0. The molecule has 3 nitrogen and oxygen atoms in total. The van der Waals surface area contributed by atoms with Gasteiger partial charge >= 0.3 is 0 Å². The number of anilines is 1. The number of fused-ring (bicyclic) bond motifs is 1. The molecule has 0 aliphatic carbocycles. The van der Waals surface area contributed by atoms with E-state index in [1.807, 2.05) is 45.0 Å². The van der Waals surface area contributed by atoms with Gasteiger partial charge in [0.1, 0.15) is 5.75 Å². The first kappa shape index (κ1) is 12.9. The highest BCUT2D eigenvalue weighted by Gasteiger charge is 2.25. The van der Waals surface area contributed by atoms with Crippen LogP contribution in [0, 0.1) is 5.41 Å². The molecule has 1 heterocycles. The van der Waals surface area contributed by atoms with Crippen molar-refractivity contribution in [2.45, 2.75) is 27.2 Å². The molecule has 0 amide bonds. The van der Waals surface area contributed by atoms with E-state index in [2.05, 4.69) is 4.90 Å². The summed E-state index contributed by atoms with van der Waals surface area (Å²) in [6, 6.07) is 7.95. The van der Waals surface area contributed by atoms with Crippen molar-refractivity contribution >= 4 is 11.5 Å². The van der Waals surface area contributed by atoms with Crippen LogP contribution in [-0.2, 0) is 4.79 Å². The Hall–Kier alpha value is -1.51. The molecule has 0 unspecified atom stereocenters. The molecule has 0 N–H and O–H groups in total. The standard InChI is InChI=1S/C15H21NO2/c1-15(2,3)14(17)11-16-9-6-10-18-13-8-5-4-7-12(13)16/h4-5,7-8H,6,9-11H2,1-3H3. The highest BCUT2D eigenvalue weighted by atomic mass is 16.5. The van der Waals surface area contributed by atoms with E-state index in [1.165, 1.54) is 0 Å². The van der Waals surface area contributed by atoms with Crippen LogP contribution in [0.2, 0.25) is 0 Å². The molecular formula is C15H21NO2. The van der Waals surface area contributed by atoms with Gasteiger partial charge in [-0.05, 0) is 18.6 Å². The molecule has 0 aromatic heterocycles. The normalized spacial score (nSPS) is 15.6. The molecular weight excluding hydrogens is 226 g/mol. The van der Waals surface area contributed by atoms with Gasteiger partial charge in [0.05, 0.1) is 18.8 Å². The Morgan fingerprint density at radius 1 is 1.33 bits per heavy atom. The third kappa shape index (κ3) is 2.84. The molecule has 0 spiro atoms. The van der Waals surface area contributed by atoms with Crippen LogP contribution in [0.3, 0.4) is 0 Å². The molecule has 98 valence electrons. The average molecular weight is 247 g/mol. The maximum absolute atomic E-state index is 12.2. The van der Waals surface area contributed by atoms with E-state index >= 15 is 0 Å². The Labute approximate surface area is 109 Å². The average Bonchev–Trinajstić information content (AvgIpc) is 2.51. The predicted octanol–water partition coefficient (Wildman–Crippen LogP) is 2.89. The second kappa shape index (κ2) is 5.01. The predicted molar refractivity (Wildman–Crippen MR) is 73.2 cm³/mol. The van der Waals surface area contributed by atoms with Gasteiger partial charge in [-0.2, -0.15) is 0 Å². The molecule has 0 fully saturated rings. The first-order chi connectivity index (χ1) is 8.48. The number of carbonyl (C=O) groups excluding carboxylic acids is 1. The fourth-order valence-corrected chi connectivity index (χ4v) is 1.97. The van der Waals surface area contributed by atoms with Gasteiger partial charge in [0.15, 0.2) is 5.78 Å². The zero-order valence-corrected chi connectivity index (χ0v) is 11.4. The fourth-order valence-electron chi connectivity index (χ4n) is 1.97. The molecule has 0 saturated carbocycles. The van der Waals surface area contributed by atoms with Crippen molar-refractivity contribution in [1.82, 2.24) is 0 Å². The third-order valence-electron chi connectivity index (χ3n) is 3.21. The molecule has 0 saturated heterocycles. The van der Waals surface area contributed by atoms with E-state index in [0.29, 0.717) is 6.54 Å². The monoisotopic (exact) mass is 247 g/mol. The van der Waals surface area contributed by atoms with Crippen molar-refractivity contribution in [3.05, 3.63) is 24.3 Å². The van der Waals surface area contributed by atoms with Crippen molar-refractivity contribution in [2.24, 2.45) is 5.41 Å². The van der Waals surface area contributed by atoms with E-state index in [-0.39, 0.29) is 11.2 Å². The van der Waals surface area contributed by atoms with Gasteiger partial charge in [0, 0.05) is 12.0 Å². The Morgan fingerprint density at radius 3 is 2.78 bits per heavy atom. The van der Waals surface area contributed by atoms with Crippen molar-refractivity contribution in [1.29, 1.82) is 0 Å². The Bertz CT molecular complexity index is 434. The summed E-state index contributed by atoms with van der Waals surface area (Å²) in [4.78, 5) is 14.3. The molecule has 0 atom stereocenters. The first-order valence-corrected chi connectivity index (χ1v) is 6.48. The number of nitrogens with zero attached hydrogens (tertiary/aromatic N) is 1. The summed E-state index contributed by atoms with van der Waals surface area (Å²) in [6.45, 7) is 7.96. The molecule has 2 rings (SSSR count). The summed E-state index contributed by atoms with van der Waals surface area (Å²) in [5.74, 6) is 1.15. The molecule has 1 aliphatic rings. The van der Waals surface area contributed by atoms with Gasteiger partial charge in [-0.3, -0.25) is 4.79 Å². The largest absolute Gasteiger partial charge is 0.491 e.